The fourth-order valence-electron chi connectivity index (χ4n) is 1.58. The Balaban J connectivity index is 2.39. The highest BCUT2D eigenvalue weighted by atomic mass is 19.1. The molecule has 2 N–H and O–H groups in total. The maximum atomic E-state index is 12.7. The smallest absolute Gasteiger partial charge is 0.303 e. The minimum Gasteiger partial charge on any atom is -0.484 e. The van der Waals surface area contributed by atoms with Crippen molar-refractivity contribution in [2.75, 3.05) is 6.61 Å². The maximum absolute atomic E-state index is 12.7. The number of rotatable bonds is 7. The van der Waals surface area contributed by atoms with E-state index < -0.39 is 11.5 Å². The number of aliphatic carboxylic acids is 1. The minimum atomic E-state index is -0.908. The Hall–Kier alpha value is -2.11. The zero-order valence-electron chi connectivity index (χ0n) is 11.5. The molecule has 0 fully saturated rings. The van der Waals surface area contributed by atoms with Gasteiger partial charge in [-0.3, -0.25) is 9.59 Å². The first-order valence-corrected chi connectivity index (χ1v) is 6.20. The Morgan fingerprint density at radius 1 is 1.30 bits per heavy atom. The third kappa shape index (κ3) is 6.17. The quantitative estimate of drug-likeness (QED) is 0.802. The summed E-state index contributed by atoms with van der Waals surface area (Å²) >= 11 is 0. The van der Waals surface area contributed by atoms with Crippen LogP contribution in [-0.2, 0) is 9.59 Å². The highest BCUT2D eigenvalue weighted by molar-refractivity contribution is 5.78. The van der Waals surface area contributed by atoms with E-state index in [-0.39, 0.29) is 24.8 Å². The molecule has 0 aliphatic heterocycles. The second kappa shape index (κ2) is 6.88. The van der Waals surface area contributed by atoms with Crippen LogP contribution in [0, 0.1) is 5.82 Å². The van der Waals surface area contributed by atoms with Gasteiger partial charge in [0.15, 0.2) is 6.61 Å². The van der Waals surface area contributed by atoms with Gasteiger partial charge in [0.25, 0.3) is 5.91 Å². The Bertz CT molecular complexity index is 471. The average molecular weight is 283 g/mol. The Morgan fingerprint density at radius 3 is 2.45 bits per heavy atom. The van der Waals surface area contributed by atoms with Crippen molar-refractivity contribution >= 4 is 11.9 Å². The van der Waals surface area contributed by atoms with E-state index in [1.165, 1.54) is 24.3 Å². The molecule has 0 unspecified atom stereocenters. The standard InChI is InChI=1S/C14H18FNO4/c1-14(2,8-7-13(18)19)16-12(17)9-20-11-5-3-10(15)4-6-11/h3-6H,7-9H2,1-2H3,(H,16,17)(H,18,19). The van der Waals surface area contributed by atoms with Crippen LogP contribution in [0.5, 0.6) is 5.75 Å². The van der Waals surface area contributed by atoms with E-state index in [2.05, 4.69) is 5.32 Å². The van der Waals surface area contributed by atoms with Crippen LogP contribution in [0.4, 0.5) is 4.39 Å². The third-order valence-corrected chi connectivity index (χ3v) is 2.63. The number of halogens is 1. The largest absolute Gasteiger partial charge is 0.484 e. The summed E-state index contributed by atoms with van der Waals surface area (Å²) in [5, 5.41) is 11.3. The van der Waals surface area contributed by atoms with Crippen LogP contribution in [0.1, 0.15) is 26.7 Å². The summed E-state index contributed by atoms with van der Waals surface area (Å²) in [4.78, 5) is 22.2. The molecule has 5 nitrogen and oxygen atoms in total. The van der Waals surface area contributed by atoms with Crippen LogP contribution >= 0.6 is 0 Å². The van der Waals surface area contributed by atoms with Gasteiger partial charge < -0.3 is 15.2 Å². The summed E-state index contributed by atoms with van der Waals surface area (Å²) < 4.78 is 17.9. The number of ether oxygens (including phenoxy) is 1. The van der Waals surface area contributed by atoms with Crippen molar-refractivity contribution < 1.29 is 23.8 Å². The number of carbonyl (C=O) groups is 2. The van der Waals surface area contributed by atoms with Gasteiger partial charge in [0.2, 0.25) is 0 Å². The van der Waals surface area contributed by atoms with Gasteiger partial charge in [0.1, 0.15) is 11.6 Å². The van der Waals surface area contributed by atoms with Crippen molar-refractivity contribution in [1.29, 1.82) is 0 Å². The molecule has 1 amide bonds. The number of carbonyl (C=O) groups excluding carboxylic acids is 1. The van der Waals surface area contributed by atoms with E-state index in [0.29, 0.717) is 12.2 Å². The number of hydrogen-bond donors (Lipinski definition) is 2. The molecular weight excluding hydrogens is 265 g/mol. The van der Waals surface area contributed by atoms with Gasteiger partial charge >= 0.3 is 5.97 Å². The second-order valence-electron chi connectivity index (χ2n) is 5.07. The number of nitrogens with one attached hydrogen (secondary N) is 1. The average Bonchev–Trinajstić information content (AvgIpc) is 2.35. The van der Waals surface area contributed by atoms with Crippen molar-refractivity contribution in [1.82, 2.24) is 5.32 Å². The number of amides is 1. The molecule has 0 aliphatic carbocycles. The molecule has 0 atom stereocenters. The first kappa shape index (κ1) is 15.9. The Morgan fingerprint density at radius 2 is 1.90 bits per heavy atom. The van der Waals surface area contributed by atoms with Crippen LogP contribution in [0.2, 0.25) is 0 Å². The van der Waals surface area contributed by atoms with Crippen LogP contribution in [0.3, 0.4) is 0 Å². The molecule has 0 aromatic heterocycles. The molecule has 0 aliphatic rings. The molecule has 0 radical (unpaired) electrons. The molecule has 0 heterocycles. The summed E-state index contributed by atoms with van der Waals surface area (Å²) in [7, 11) is 0. The van der Waals surface area contributed by atoms with Gasteiger partial charge in [-0.1, -0.05) is 0 Å². The molecule has 20 heavy (non-hydrogen) atoms. The molecule has 1 aromatic rings. The van der Waals surface area contributed by atoms with E-state index in [4.69, 9.17) is 9.84 Å². The number of benzene rings is 1. The Labute approximate surface area is 116 Å². The molecule has 0 saturated heterocycles. The fourth-order valence-corrected chi connectivity index (χ4v) is 1.58. The molecule has 0 spiro atoms. The van der Waals surface area contributed by atoms with E-state index in [0.717, 1.165) is 0 Å². The van der Waals surface area contributed by atoms with Crippen LogP contribution in [-0.4, -0.2) is 29.1 Å². The predicted octanol–water partition coefficient (Wildman–Crippen LogP) is 1.96. The van der Waals surface area contributed by atoms with Gasteiger partial charge in [-0.05, 0) is 44.5 Å². The summed E-state index contributed by atoms with van der Waals surface area (Å²) in [5.41, 5.74) is -0.623. The van der Waals surface area contributed by atoms with Gasteiger partial charge in [0.05, 0.1) is 0 Å². The number of carboxylic acids is 1. The van der Waals surface area contributed by atoms with Crippen molar-refractivity contribution in [3.63, 3.8) is 0 Å². The van der Waals surface area contributed by atoms with Crippen molar-refractivity contribution in [3.8, 4) is 5.75 Å². The fraction of sp³-hybridized carbons (Fsp3) is 0.429. The van der Waals surface area contributed by atoms with Gasteiger partial charge in [-0.15, -0.1) is 0 Å². The second-order valence-corrected chi connectivity index (χ2v) is 5.07. The zero-order chi connectivity index (χ0) is 15.2. The molecule has 0 bridgehead atoms. The highest BCUT2D eigenvalue weighted by Crippen LogP contribution is 2.13. The Kier molecular flexibility index (Phi) is 5.49. The SMILES string of the molecule is CC(C)(CCC(=O)O)NC(=O)COc1ccc(F)cc1. The maximum Gasteiger partial charge on any atom is 0.303 e. The van der Waals surface area contributed by atoms with E-state index >= 15 is 0 Å². The third-order valence-electron chi connectivity index (χ3n) is 2.63. The van der Waals surface area contributed by atoms with Crippen LogP contribution in [0.15, 0.2) is 24.3 Å². The highest BCUT2D eigenvalue weighted by Gasteiger charge is 2.21. The molecular formula is C14H18FNO4. The summed E-state index contributed by atoms with van der Waals surface area (Å²) in [6.45, 7) is 3.28. The molecule has 0 saturated carbocycles. The lowest BCUT2D eigenvalue weighted by atomic mass is 9.98. The molecule has 110 valence electrons. The predicted molar refractivity (Wildman–Crippen MR) is 71.0 cm³/mol. The molecule has 1 rings (SSSR count). The number of carboxylic acid groups (broad SMARTS) is 1. The lowest BCUT2D eigenvalue weighted by molar-refractivity contribution is -0.138. The first-order chi connectivity index (χ1) is 9.28. The van der Waals surface area contributed by atoms with Gasteiger partial charge in [0, 0.05) is 12.0 Å². The van der Waals surface area contributed by atoms with E-state index in [1.54, 1.807) is 13.8 Å². The van der Waals surface area contributed by atoms with Crippen LogP contribution in [0.25, 0.3) is 0 Å². The lowest BCUT2D eigenvalue weighted by Gasteiger charge is -2.25. The molecule has 1 aromatic carbocycles. The van der Waals surface area contributed by atoms with Crippen molar-refractivity contribution in [2.45, 2.75) is 32.2 Å². The van der Waals surface area contributed by atoms with Gasteiger partial charge in [-0.25, -0.2) is 4.39 Å². The van der Waals surface area contributed by atoms with E-state index in [1.807, 2.05) is 0 Å². The lowest BCUT2D eigenvalue weighted by Crippen LogP contribution is -2.45. The topological polar surface area (TPSA) is 75.6 Å². The van der Waals surface area contributed by atoms with Crippen molar-refractivity contribution in [2.24, 2.45) is 0 Å². The van der Waals surface area contributed by atoms with Crippen LogP contribution < -0.4 is 10.1 Å². The summed E-state index contributed by atoms with van der Waals surface area (Å²) in [6.07, 6.45) is 0.302. The summed E-state index contributed by atoms with van der Waals surface area (Å²) in [5.74, 6) is -1.25. The number of hydrogen-bond acceptors (Lipinski definition) is 3. The zero-order valence-corrected chi connectivity index (χ0v) is 11.5. The van der Waals surface area contributed by atoms with E-state index in [9.17, 15) is 14.0 Å². The molecule has 6 heteroatoms. The minimum absolute atomic E-state index is 0.0217. The first-order valence-electron chi connectivity index (χ1n) is 6.20. The normalized spacial score (nSPS) is 10.9. The summed E-state index contributed by atoms with van der Waals surface area (Å²) in [6, 6.07) is 5.34. The van der Waals surface area contributed by atoms with Gasteiger partial charge in [-0.2, -0.15) is 0 Å². The van der Waals surface area contributed by atoms with Crippen molar-refractivity contribution in [3.05, 3.63) is 30.1 Å². The monoisotopic (exact) mass is 283 g/mol.